The molecule has 0 spiro atoms. The third-order valence-corrected chi connectivity index (χ3v) is 3.68. The number of rotatable bonds is 1. The molecule has 0 atom stereocenters. The quantitative estimate of drug-likeness (QED) is 0.639. The van der Waals surface area contributed by atoms with Gasteiger partial charge in [0.15, 0.2) is 0 Å². The molecule has 2 heterocycles. The van der Waals surface area contributed by atoms with Gasteiger partial charge in [0.2, 0.25) is 5.91 Å². The van der Waals surface area contributed by atoms with E-state index in [2.05, 4.69) is 10.2 Å². The number of hydrogen-bond donors (Lipinski definition) is 3. The van der Waals surface area contributed by atoms with Gasteiger partial charge in [0.05, 0.1) is 23.9 Å². The van der Waals surface area contributed by atoms with Gasteiger partial charge in [0.25, 0.3) is 0 Å². The van der Waals surface area contributed by atoms with Crippen molar-refractivity contribution in [2.75, 3.05) is 29.0 Å². The SMILES string of the molecule is Nc1cc2c(cc1N1CCC(O)CC1)NC(=O)C2. The smallest absolute Gasteiger partial charge is 0.228 e. The first kappa shape index (κ1) is 11.3. The highest BCUT2D eigenvalue weighted by molar-refractivity contribution is 6.00. The Balaban J connectivity index is 1.89. The van der Waals surface area contributed by atoms with Crippen molar-refractivity contribution in [3.8, 4) is 0 Å². The highest BCUT2D eigenvalue weighted by atomic mass is 16.3. The van der Waals surface area contributed by atoms with Gasteiger partial charge in [0.1, 0.15) is 0 Å². The van der Waals surface area contributed by atoms with Crippen molar-refractivity contribution in [3.05, 3.63) is 17.7 Å². The monoisotopic (exact) mass is 247 g/mol. The molecule has 18 heavy (non-hydrogen) atoms. The maximum atomic E-state index is 11.3. The van der Waals surface area contributed by atoms with Crippen LogP contribution in [-0.4, -0.2) is 30.2 Å². The molecule has 0 aliphatic carbocycles. The van der Waals surface area contributed by atoms with Crippen LogP contribution in [0.3, 0.4) is 0 Å². The number of nitrogens with two attached hydrogens (primary N) is 1. The van der Waals surface area contributed by atoms with E-state index in [0.29, 0.717) is 12.1 Å². The molecule has 5 nitrogen and oxygen atoms in total. The van der Waals surface area contributed by atoms with Gasteiger partial charge < -0.3 is 21.1 Å². The fourth-order valence-corrected chi connectivity index (χ4v) is 2.66. The van der Waals surface area contributed by atoms with Crippen molar-refractivity contribution in [2.24, 2.45) is 0 Å². The van der Waals surface area contributed by atoms with Crippen molar-refractivity contribution in [3.63, 3.8) is 0 Å². The molecule has 2 aliphatic rings. The van der Waals surface area contributed by atoms with Crippen LogP contribution in [0.15, 0.2) is 12.1 Å². The van der Waals surface area contributed by atoms with Crippen LogP contribution in [0.5, 0.6) is 0 Å². The lowest BCUT2D eigenvalue weighted by Gasteiger charge is -2.32. The third kappa shape index (κ3) is 1.90. The van der Waals surface area contributed by atoms with E-state index in [1.807, 2.05) is 12.1 Å². The molecule has 1 fully saturated rings. The number of anilines is 3. The normalized spacial score (nSPS) is 19.8. The average molecular weight is 247 g/mol. The molecule has 0 radical (unpaired) electrons. The number of carbonyl (C=O) groups excluding carboxylic acids is 1. The van der Waals surface area contributed by atoms with Crippen LogP contribution in [0.1, 0.15) is 18.4 Å². The van der Waals surface area contributed by atoms with Crippen LogP contribution >= 0.6 is 0 Å². The number of nitrogens with one attached hydrogen (secondary N) is 1. The zero-order valence-electron chi connectivity index (χ0n) is 10.1. The molecule has 0 aromatic heterocycles. The number of nitrogens with zero attached hydrogens (tertiary/aromatic N) is 1. The van der Waals surface area contributed by atoms with Gasteiger partial charge >= 0.3 is 0 Å². The molecule has 2 aliphatic heterocycles. The maximum Gasteiger partial charge on any atom is 0.228 e. The van der Waals surface area contributed by atoms with E-state index in [1.165, 1.54) is 0 Å². The minimum absolute atomic E-state index is 0.0237. The van der Waals surface area contributed by atoms with E-state index in [1.54, 1.807) is 0 Å². The van der Waals surface area contributed by atoms with Crippen LogP contribution < -0.4 is 16.0 Å². The molecule has 96 valence electrons. The number of piperidine rings is 1. The summed E-state index contributed by atoms with van der Waals surface area (Å²) in [5.74, 6) is 0.0237. The second kappa shape index (κ2) is 4.17. The fraction of sp³-hybridized carbons (Fsp3) is 0.462. The Morgan fingerprint density at radius 1 is 1.33 bits per heavy atom. The number of benzene rings is 1. The number of fused-ring (bicyclic) bond motifs is 1. The number of nitrogen functional groups attached to an aromatic ring is 1. The van der Waals surface area contributed by atoms with Crippen molar-refractivity contribution in [1.82, 2.24) is 0 Å². The minimum Gasteiger partial charge on any atom is -0.397 e. The van der Waals surface area contributed by atoms with Crippen LogP contribution in [0.4, 0.5) is 17.1 Å². The van der Waals surface area contributed by atoms with E-state index >= 15 is 0 Å². The van der Waals surface area contributed by atoms with Gasteiger partial charge in [-0.3, -0.25) is 4.79 Å². The van der Waals surface area contributed by atoms with E-state index in [9.17, 15) is 9.90 Å². The van der Waals surface area contributed by atoms with E-state index in [4.69, 9.17) is 5.73 Å². The fourth-order valence-electron chi connectivity index (χ4n) is 2.66. The summed E-state index contributed by atoms with van der Waals surface area (Å²) in [6.45, 7) is 1.61. The Hall–Kier alpha value is -1.75. The second-order valence-electron chi connectivity index (χ2n) is 5.01. The molecule has 5 heteroatoms. The summed E-state index contributed by atoms with van der Waals surface area (Å²) < 4.78 is 0. The first-order valence-corrected chi connectivity index (χ1v) is 6.29. The van der Waals surface area contributed by atoms with E-state index in [-0.39, 0.29) is 12.0 Å². The van der Waals surface area contributed by atoms with Gasteiger partial charge in [-0.2, -0.15) is 0 Å². The van der Waals surface area contributed by atoms with E-state index in [0.717, 1.165) is 42.9 Å². The van der Waals surface area contributed by atoms with Gasteiger partial charge in [-0.05, 0) is 30.5 Å². The maximum absolute atomic E-state index is 11.3. The highest BCUT2D eigenvalue weighted by Crippen LogP contribution is 2.34. The molecule has 0 unspecified atom stereocenters. The first-order valence-electron chi connectivity index (χ1n) is 6.29. The molecular weight excluding hydrogens is 230 g/mol. The highest BCUT2D eigenvalue weighted by Gasteiger charge is 2.23. The second-order valence-corrected chi connectivity index (χ2v) is 5.01. The Labute approximate surface area is 106 Å². The summed E-state index contributed by atoms with van der Waals surface area (Å²) in [7, 11) is 0. The molecule has 1 aromatic rings. The summed E-state index contributed by atoms with van der Waals surface area (Å²) in [4.78, 5) is 13.5. The summed E-state index contributed by atoms with van der Waals surface area (Å²) in [5, 5.41) is 12.4. The van der Waals surface area contributed by atoms with Crippen molar-refractivity contribution in [2.45, 2.75) is 25.4 Å². The standard InChI is InChI=1S/C13H17N3O2/c14-10-5-8-6-13(18)15-11(8)7-12(10)16-3-1-9(17)2-4-16/h5,7,9,17H,1-4,6,14H2,(H,15,18). The molecule has 0 saturated carbocycles. The molecule has 0 bridgehead atoms. The molecule has 4 N–H and O–H groups in total. The summed E-state index contributed by atoms with van der Waals surface area (Å²) in [6.07, 6.45) is 1.75. The molecule has 3 rings (SSSR count). The van der Waals surface area contributed by atoms with Gasteiger partial charge in [0, 0.05) is 18.8 Å². The predicted molar refractivity (Wildman–Crippen MR) is 70.6 cm³/mol. The predicted octanol–water partition coefficient (Wildman–Crippen LogP) is 0.724. The van der Waals surface area contributed by atoms with Gasteiger partial charge in [-0.15, -0.1) is 0 Å². The molecule has 1 amide bonds. The van der Waals surface area contributed by atoms with Gasteiger partial charge in [-0.25, -0.2) is 0 Å². The lowest BCUT2D eigenvalue weighted by atomic mass is 10.0. The zero-order chi connectivity index (χ0) is 12.7. The van der Waals surface area contributed by atoms with Crippen LogP contribution in [0.25, 0.3) is 0 Å². The van der Waals surface area contributed by atoms with E-state index < -0.39 is 0 Å². The number of hydrogen-bond acceptors (Lipinski definition) is 4. The molecule has 1 aromatic carbocycles. The number of carbonyl (C=O) groups is 1. The number of aliphatic hydroxyl groups is 1. The lowest BCUT2D eigenvalue weighted by Crippen LogP contribution is -2.36. The largest absolute Gasteiger partial charge is 0.397 e. The Morgan fingerprint density at radius 3 is 2.78 bits per heavy atom. The third-order valence-electron chi connectivity index (χ3n) is 3.68. The van der Waals surface area contributed by atoms with Crippen LogP contribution in [0.2, 0.25) is 0 Å². The van der Waals surface area contributed by atoms with Crippen LogP contribution in [0, 0.1) is 0 Å². The topological polar surface area (TPSA) is 78.6 Å². The zero-order valence-corrected chi connectivity index (χ0v) is 10.1. The summed E-state index contributed by atoms with van der Waals surface area (Å²) in [6, 6.07) is 3.83. The van der Waals surface area contributed by atoms with Crippen molar-refractivity contribution < 1.29 is 9.90 Å². The average Bonchev–Trinajstić information content (AvgIpc) is 2.68. The molecular formula is C13H17N3O2. The Morgan fingerprint density at radius 2 is 2.06 bits per heavy atom. The van der Waals surface area contributed by atoms with Crippen molar-refractivity contribution in [1.29, 1.82) is 0 Å². The number of amides is 1. The Kier molecular flexibility index (Phi) is 2.63. The lowest BCUT2D eigenvalue weighted by molar-refractivity contribution is -0.115. The van der Waals surface area contributed by atoms with Crippen LogP contribution in [-0.2, 0) is 11.2 Å². The molecule has 1 saturated heterocycles. The first-order chi connectivity index (χ1) is 8.63. The Bertz CT molecular complexity index is 493. The number of aliphatic hydroxyl groups excluding tert-OH is 1. The minimum atomic E-state index is -0.198. The van der Waals surface area contributed by atoms with Gasteiger partial charge in [-0.1, -0.05) is 0 Å². The van der Waals surface area contributed by atoms with Crippen molar-refractivity contribution >= 4 is 23.0 Å². The summed E-state index contributed by atoms with van der Waals surface area (Å²) in [5.41, 5.74) is 9.57. The summed E-state index contributed by atoms with van der Waals surface area (Å²) >= 11 is 0.